The first kappa shape index (κ1) is 7.34. The van der Waals surface area contributed by atoms with Gasteiger partial charge >= 0.3 is 0 Å². The third-order valence-corrected chi connectivity index (χ3v) is 1.88. The summed E-state index contributed by atoms with van der Waals surface area (Å²) in [5, 5.41) is 10.9. The van der Waals surface area contributed by atoms with Crippen LogP contribution in [-0.4, -0.2) is 0 Å². The summed E-state index contributed by atoms with van der Waals surface area (Å²) < 4.78 is 0. The molecule has 62 valence electrons. The molecule has 0 saturated carbocycles. The number of hydrogen-bond donors (Lipinski definition) is 2. The molecular weight excluding hydrogens is 152 g/mol. The van der Waals surface area contributed by atoms with E-state index in [9.17, 15) is 5.21 Å². The van der Waals surface area contributed by atoms with E-state index in [2.05, 4.69) is 5.43 Å². The number of hydroxylamine groups is 1. The Balaban J connectivity index is 2.47. The Morgan fingerprint density at radius 2 is 2.25 bits per heavy atom. The zero-order chi connectivity index (χ0) is 8.55. The molecule has 1 unspecified atom stereocenters. The molecule has 0 amide bonds. The zero-order valence-electron chi connectivity index (χ0n) is 6.79. The molecule has 2 N–H and O–H groups in total. The molecule has 1 aromatic rings. The molecule has 0 fully saturated rings. The SMILES string of the molecule is Cc1ccc2c(c1)C=C[NH+]([O-])N2. The van der Waals surface area contributed by atoms with Crippen LogP contribution in [0.4, 0.5) is 5.69 Å². The summed E-state index contributed by atoms with van der Waals surface area (Å²) >= 11 is 0. The Bertz CT molecular complexity index is 333. The normalized spacial score (nSPS) is 20.0. The van der Waals surface area contributed by atoms with Gasteiger partial charge in [0.1, 0.15) is 6.20 Å². The molecule has 1 atom stereocenters. The van der Waals surface area contributed by atoms with E-state index in [1.807, 2.05) is 31.2 Å². The van der Waals surface area contributed by atoms with Gasteiger partial charge in [-0.1, -0.05) is 11.6 Å². The summed E-state index contributed by atoms with van der Waals surface area (Å²) in [4.78, 5) is 0. The second kappa shape index (κ2) is 2.62. The van der Waals surface area contributed by atoms with E-state index in [4.69, 9.17) is 0 Å². The molecule has 0 saturated heterocycles. The lowest BCUT2D eigenvalue weighted by molar-refractivity contribution is -0.764. The number of hydrogen-bond acceptors (Lipinski definition) is 2. The standard InChI is InChI=1S/C9H10N2O/c1-7-2-3-9-8(6-7)4-5-11(12)10-9/h2-6,10-11H,1H3. The quantitative estimate of drug-likeness (QED) is 0.551. The third kappa shape index (κ3) is 1.20. The van der Waals surface area contributed by atoms with E-state index in [0.717, 1.165) is 11.3 Å². The van der Waals surface area contributed by atoms with Gasteiger partial charge in [0.15, 0.2) is 0 Å². The van der Waals surface area contributed by atoms with Crippen LogP contribution in [0.3, 0.4) is 0 Å². The van der Waals surface area contributed by atoms with Crippen molar-refractivity contribution in [3.05, 3.63) is 40.7 Å². The van der Waals surface area contributed by atoms with Crippen LogP contribution < -0.4 is 10.6 Å². The topological polar surface area (TPSA) is 39.5 Å². The highest BCUT2D eigenvalue weighted by Crippen LogP contribution is 2.18. The first-order valence-electron chi connectivity index (χ1n) is 3.85. The van der Waals surface area contributed by atoms with E-state index in [-0.39, 0.29) is 5.17 Å². The van der Waals surface area contributed by atoms with Crippen LogP contribution in [0.5, 0.6) is 0 Å². The van der Waals surface area contributed by atoms with E-state index < -0.39 is 0 Å². The first-order valence-corrected chi connectivity index (χ1v) is 3.85. The summed E-state index contributed by atoms with van der Waals surface area (Å²) in [6, 6.07) is 5.95. The monoisotopic (exact) mass is 162 g/mol. The minimum atomic E-state index is -0.0497. The van der Waals surface area contributed by atoms with Crippen molar-refractivity contribution in [2.75, 3.05) is 5.43 Å². The van der Waals surface area contributed by atoms with Crippen molar-refractivity contribution in [1.29, 1.82) is 0 Å². The predicted octanol–water partition coefficient (Wildman–Crippen LogP) is 0.689. The molecule has 12 heavy (non-hydrogen) atoms. The highest BCUT2D eigenvalue weighted by atomic mass is 16.5. The summed E-state index contributed by atoms with van der Waals surface area (Å²) in [6.07, 6.45) is 3.38. The highest BCUT2D eigenvalue weighted by molar-refractivity contribution is 5.67. The molecule has 0 radical (unpaired) electrons. The van der Waals surface area contributed by atoms with Crippen molar-refractivity contribution in [2.45, 2.75) is 6.92 Å². The largest absolute Gasteiger partial charge is 0.603 e. The van der Waals surface area contributed by atoms with Crippen LogP contribution in [0, 0.1) is 12.1 Å². The molecule has 1 aromatic carbocycles. The maximum Gasteiger partial charge on any atom is 0.120 e. The fourth-order valence-electron chi connectivity index (χ4n) is 1.27. The molecule has 0 aromatic heterocycles. The Morgan fingerprint density at radius 1 is 1.42 bits per heavy atom. The molecule has 1 aliphatic rings. The summed E-state index contributed by atoms with van der Waals surface area (Å²) in [6.45, 7) is 2.03. The number of quaternary nitrogens is 1. The molecular formula is C9H10N2O. The number of rotatable bonds is 0. The second-order valence-corrected chi connectivity index (χ2v) is 2.91. The second-order valence-electron chi connectivity index (χ2n) is 2.91. The number of benzene rings is 1. The fraction of sp³-hybridized carbons (Fsp3) is 0.111. The molecule has 1 heterocycles. The van der Waals surface area contributed by atoms with Gasteiger partial charge in [-0.25, -0.2) is 10.6 Å². The lowest BCUT2D eigenvalue weighted by Gasteiger charge is -2.23. The summed E-state index contributed by atoms with van der Waals surface area (Å²) in [5.41, 5.74) is 5.94. The first-order chi connectivity index (χ1) is 5.75. The van der Waals surface area contributed by atoms with Crippen molar-refractivity contribution in [1.82, 2.24) is 0 Å². The third-order valence-electron chi connectivity index (χ3n) is 1.88. The molecule has 1 aliphatic heterocycles. The zero-order valence-corrected chi connectivity index (χ0v) is 6.79. The number of nitrogens with one attached hydrogen (secondary N) is 2. The van der Waals surface area contributed by atoms with Gasteiger partial charge in [-0.05, 0) is 19.1 Å². The van der Waals surface area contributed by atoms with Crippen LogP contribution in [0.2, 0.25) is 0 Å². The molecule has 0 bridgehead atoms. The van der Waals surface area contributed by atoms with Crippen LogP contribution in [0.15, 0.2) is 24.4 Å². The fourth-order valence-corrected chi connectivity index (χ4v) is 1.27. The average Bonchev–Trinajstić information content (AvgIpc) is 2.05. The average molecular weight is 162 g/mol. The minimum absolute atomic E-state index is 0.0497. The molecule has 3 nitrogen and oxygen atoms in total. The maximum absolute atomic E-state index is 10.9. The van der Waals surface area contributed by atoms with Crippen LogP contribution in [0.25, 0.3) is 6.08 Å². The molecule has 3 heteroatoms. The maximum atomic E-state index is 10.9. The van der Waals surface area contributed by atoms with Crippen LogP contribution in [0.1, 0.15) is 11.1 Å². The number of aryl methyl sites for hydroxylation is 1. The van der Waals surface area contributed by atoms with E-state index in [1.54, 1.807) is 6.20 Å². The van der Waals surface area contributed by atoms with Gasteiger partial charge in [-0.2, -0.15) is 0 Å². The number of anilines is 1. The Hall–Kier alpha value is -1.32. The van der Waals surface area contributed by atoms with Crippen molar-refractivity contribution in [3.8, 4) is 0 Å². The molecule has 2 rings (SSSR count). The summed E-state index contributed by atoms with van der Waals surface area (Å²) in [5.74, 6) is 0. The minimum Gasteiger partial charge on any atom is -0.603 e. The van der Waals surface area contributed by atoms with E-state index in [0.29, 0.717) is 0 Å². The lowest BCUT2D eigenvalue weighted by Crippen LogP contribution is -3.06. The predicted molar refractivity (Wildman–Crippen MR) is 48.2 cm³/mol. The van der Waals surface area contributed by atoms with E-state index in [1.165, 1.54) is 5.56 Å². The van der Waals surface area contributed by atoms with Gasteiger partial charge in [-0.15, -0.1) is 0 Å². The number of fused-ring (bicyclic) bond motifs is 1. The molecule has 0 aliphatic carbocycles. The molecule has 0 spiro atoms. The van der Waals surface area contributed by atoms with Crippen molar-refractivity contribution < 1.29 is 5.17 Å². The van der Waals surface area contributed by atoms with Gasteiger partial charge < -0.3 is 5.21 Å². The van der Waals surface area contributed by atoms with Gasteiger partial charge in [0.25, 0.3) is 0 Å². The lowest BCUT2D eigenvalue weighted by atomic mass is 10.1. The van der Waals surface area contributed by atoms with Crippen LogP contribution >= 0.6 is 0 Å². The van der Waals surface area contributed by atoms with Crippen molar-refractivity contribution >= 4 is 11.8 Å². The smallest absolute Gasteiger partial charge is 0.120 e. The van der Waals surface area contributed by atoms with Crippen LogP contribution in [-0.2, 0) is 0 Å². The Labute approximate surface area is 70.9 Å². The van der Waals surface area contributed by atoms with Gasteiger partial charge in [0.2, 0.25) is 0 Å². The highest BCUT2D eigenvalue weighted by Gasteiger charge is 2.06. The Kier molecular flexibility index (Phi) is 1.60. The van der Waals surface area contributed by atoms with Gasteiger partial charge in [0, 0.05) is 11.6 Å². The van der Waals surface area contributed by atoms with Crippen molar-refractivity contribution in [2.24, 2.45) is 0 Å². The van der Waals surface area contributed by atoms with Gasteiger partial charge in [-0.3, -0.25) is 0 Å². The van der Waals surface area contributed by atoms with E-state index >= 15 is 0 Å². The summed E-state index contributed by atoms with van der Waals surface area (Å²) in [7, 11) is 0. The van der Waals surface area contributed by atoms with Gasteiger partial charge in [0.05, 0.1) is 5.69 Å². The Morgan fingerprint density at radius 3 is 3.08 bits per heavy atom. The van der Waals surface area contributed by atoms with Crippen molar-refractivity contribution in [3.63, 3.8) is 0 Å².